The molecule has 0 amide bonds. The third kappa shape index (κ3) is 2.90. The van der Waals surface area contributed by atoms with Crippen molar-refractivity contribution in [3.63, 3.8) is 0 Å². The van der Waals surface area contributed by atoms with Gasteiger partial charge in [-0.15, -0.1) is 0 Å². The molecule has 0 atom stereocenters. The molecule has 0 spiro atoms. The van der Waals surface area contributed by atoms with Gasteiger partial charge in [0.15, 0.2) is 0 Å². The fourth-order valence-electron chi connectivity index (χ4n) is 2.26. The van der Waals surface area contributed by atoms with Gasteiger partial charge in [-0.1, -0.05) is 33.5 Å². The Bertz CT molecular complexity index is 156. The average Bonchev–Trinajstić information content (AvgIpc) is 2.12. The van der Waals surface area contributed by atoms with E-state index in [1.54, 1.807) is 0 Å². The van der Waals surface area contributed by atoms with Gasteiger partial charge in [-0.3, -0.25) is 0 Å². The summed E-state index contributed by atoms with van der Waals surface area (Å²) in [6, 6.07) is 1.21. The van der Waals surface area contributed by atoms with Gasteiger partial charge in [0.05, 0.1) is 0 Å². The Morgan fingerprint density at radius 2 is 1.43 bits per heavy atom. The third-order valence-corrected chi connectivity index (χ3v) is 11.9. The van der Waals surface area contributed by atoms with Crippen molar-refractivity contribution in [3.05, 3.63) is 0 Å². The molecule has 2 N–H and O–H groups in total. The van der Waals surface area contributed by atoms with Crippen molar-refractivity contribution >= 4 is 16.8 Å². The molecular formula is C9H27N3Si2. The predicted octanol–water partition coefficient (Wildman–Crippen LogP) is 1.54. The molecule has 0 saturated heterocycles. The van der Waals surface area contributed by atoms with E-state index in [1.807, 2.05) is 0 Å². The molecule has 5 heteroatoms. The highest BCUT2D eigenvalue weighted by Gasteiger charge is 2.41. The molecule has 0 aliphatic rings. The molecule has 0 fully saturated rings. The second-order valence-corrected chi connectivity index (χ2v) is 13.9. The minimum atomic E-state index is -1.59. The van der Waals surface area contributed by atoms with E-state index in [-0.39, 0.29) is 0 Å². The van der Waals surface area contributed by atoms with E-state index in [0.717, 1.165) is 6.54 Å². The molecular weight excluding hydrogens is 206 g/mol. The van der Waals surface area contributed by atoms with E-state index in [1.165, 1.54) is 6.04 Å². The van der Waals surface area contributed by atoms with E-state index in [4.69, 9.17) is 0 Å². The summed E-state index contributed by atoms with van der Waals surface area (Å²) in [5.41, 5.74) is 0. The van der Waals surface area contributed by atoms with Crippen LogP contribution < -0.4 is 9.96 Å². The SMILES string of the molecule is CCN([Si](C)(C)C)[Si](CC)(NC)NC. The lowest BCUT2D eigenvalue weighted by molar-refractivity contribution is 0.595. The lowest BCUT2D eigenvalue weighted by atomic mass is 10.8. The van der Waals surface area contributed by atoms with Crippen molar-refractivity contribution in [1.29, 1.82) is 0 Å². The Hall–Kier alpha value is 0.314. The van der Waals surface area contributed by atoms with Crippen LogP contribution >= 0.6 is 0 Å². The number of hydrogen-bond acceptors (Lipinski definition) is 3. The second-order valence-electron chi connectivity index (χ2n) is 4.63. The first-order valence-corrected chi connectivity index (χ1v) is 11.1. The largest absolute Gasteiger partial charge is 0.322 e. The molecule has 0 aromatic carbocycles. The minimum absolute atomic E-state index is 1.15. The number of nitrogens with zero attached hydrogens (tertiary/aromatic N) is 1. The van der Waals surface area contributed by atoms with Gasteiger partial charge in [0.2, 0.25) is 0 Å². The molecule has 0 aromatic heterocycles. The van der Waals surface area contributed by atoms with Gasteiger partial charge in [0.25, 0.3) is 8.56 Å². The zero-order valence-corrected chi connectivity index (χ0v) is 12.9. The molecule has 0 aliphatic heterocycles. The quantitative estimate of drug-likeness (QED) is 0.682. The Balaban J connectivity index is 4.94. The van der Waals surface area contributed by atoms with Crippen molar-refractivity contribution in [1.82, 2.24) is 14.2 Å². The van der Waals surface area contributed by atoms with Crippen molar-refractivity contribution in [2.75, 3.05) is 20.6 Å². The minimum Gasteiger partial charge on any atom is -0.322 e. The summed E-state index contributed by atoms with van der Waals surface area (Å²) < 4.78 is 2.72. The van der Waals surface area contributed by atoms with Crippen LogP contribution in [0.5, 0.6) is 0 Å². The van der Waals surface area contributed by atoms with Gasteiger partial charge in [0, 0.05) is 0 Å². The van der Waals surface area contributed by atoms with Crippen LogP contribution in [0.15, 0.2) is 0 Å². The molecule has 0 heterocycles. The van der Waals surface area contributed by atoms with Gasteiger partial charge in [-0.2, -0.15) is 0 Å². The first-order chi connectivity index (χ1) is 6.37. The predicted molar refractivity (Wildman–Crippen MR) is 70.1 cm³/mol. The van der Waals surface area contributed by atoms with E-state index in [2.05, 4.69) is 61.8 Å². The Morgan fingerprint density at radius 1 is 1.00 bits per heavy atom. The maximum Gasteiger partial charge on any atom is 0.276 e. The lowest BCUT2D eigenvalue weighted by Crippen LogP contribution is -2.76. The van der Waals surface area contributed by atoms with Crippen LogP contribution in [-0.4, -0.2) is 41.7 Å². The molecule has 0 bridgehead atoms. The topological polar surface area (TPSA) is 27.3 Å². The molecule has 0 saturated carbocycles. The van der Waals surface area contributed by atoms with Gasteiger partial charge in [-0.25, -0.2) is 0 Å². The summed E-state index contributed by atoms with van der Waals surface area (Å²) in [6.07, 6.45) is 0. The molecule has 0 unspecified atom stereocenters. The summed E-state index contributed by atoms with van der Waals surface area (Å²) in [5.74, 6) is 0. The van der Waals surface area contributed by atoms with Crippen molar-refractivity contribution in [2.45, 2.75) is 39.5 Å². The second kappa shape index (κ2) is 5.41. The Labute approximate surface area is 91.6 Å². The zero-order chi connectivity index (χ0) is 11.4. The van der Waals surface area contributed by atoms with Crippen LogP contribution in [0.25, 0.3) is 0 Å². The van der Waals surface area contributed by atoms with Crippen LogP contribution in [-0.2, 0) is 0 Å². The lowest BCUT2D eigenvalue weighted by Gasteiger charge is -2.47. The van der Waals surface area contributed by atoms with Gasteiger partial charge in [0.1, 0.15) is 8.24 Å². The monoisotopic (exact) mass is 233 g/mol. The third-order valence-electron chi connectivity index (χ3n) is 2.93. The average molecular weight is 234 g/mol. The van der Waals surface area contributed by atoms with Crippen LogP contribution in [0, 0.1) is 0 Å². The molecule has 0 rings (SSSR count). The number of rotatable bonds is 6. The maximum absolute atomic E-state index is 3.56. The Kier molecular flexibility index (Phi) is 5.53. The fraction of sp³-hybridized carbons (Fsp3) is 1.00. The van der Waals surface area contributed by atoms with Crippen LogP contribution in [0.3, 0.4) is 0 Å². The molecule has 0 radical (unpaired) electrons. The smallest absolute Gasteiger partial charge is 0.276 e. The number of nitrogens with one attached hydrogen (secondary N) is 2. The van der Waals surface area contributed by atoms with Gasteiger partial charge < -0.3 is 14.2 Å². The molecule has 0 aliphatic carbocycles. The van der Waals surface area contributed by atoms with E-state index in [9.17, 15) is 0 Å². The first-order valence-electron chi connectivity index (χ1n) is 5.53. The summed E-state index contributed by atoms with van der Waals surface area (Å²) in [6.45, 7) is 13.0. The van der Waals surface area contributed by atoms with Gasteiger partial charge >= 0.3 is 0 Å². The summed E-state index contributed by atoms with van der Waals surface area (Å²) in [4.78, 5) is 7.12. The van der Waals surface area contributed by atoms with Crippen molar-refractivity contribution in [2.24, 2.45) is 0 Å². The van der Waals surface area contributed by atoms with E-state index < -0.39 is 16.8 Å². The van der Waals surface area contributed by atoms with Crippen LogP contribution in [0.4, 0.5) is 0 Å². The normalized spacial score (nSPS) is 13.7. The van der Waals surface area contributed by atoms with Crippen molar-refractivity contribution in [3.8, 4) is 0 Å². The summed E-state index contributed by atoms with van der Waals surface area (Å²) in [5, 5.41) is 0. The highest BCUT2D eigenvalue weighted by atomic mass is 28.4. The molecule has 86 valence electrons. The van der Waals surface area contributed by atoms with E-state index in [0.29, 0.717) is 0 Å². The Morgan fingerprint density at radius 3 is 1.50 bits per heavy atom. The highest BCUT2D eigenvalue weighted by Crippen LogP contribution is 2.17. The van der Waals surface area contributed by atoms with Crippen molar-refractivity contribution < 1.29 is 0 Å². The summed E-state index contributed by atoms with van der Waals surface area (Å²) in [7, 11) is 1.38. The summed E-state index contributed by atoms with van der Waals surface area (Å²) >= 11 is 0. The highest BCUT2D eigenvalue weighted by molar-refractivity contribution is 6.88. The van der Waals surface area contributed by atoms with Gasteiger partial charge in [-0.05, 0) is 26.7 Å². The fourth-order valence-corrected chi connectivity index (χ4v) is 11.3. The number of hydrogen-bond donors (Lipinski definition) is 2. The first kappa shape index (κ1) is 14.3. The maximum atomic E-state index is 3.56. The van der Waals surface area contributed by atoms with Crippen LogP contribution in [0.1, 0.15) is 13.8 Å². The van der Waals surface area contributed by atoms with Crippen LogP contribution in [0.2, 0.25) is 25.7 Å². The molecule has 0 aromatic rings. The zero-order valence-electron chi connectivity index (χ0n) is 10.9. The van der Waals surface area contributed by atoms with E-state index >= 15 is 0 Å². The molecule has 3 nitrogen and oxygen atoms in total. The standard InChI is InChI=1S/C9H27N3Si2/c1-8-12(13(5,6)7)14(9-2,10-3)11-4/h10-11H,8-9H2,1-7H3. The molecule has 14 heavy (non-hydrogen) atoms.